The second kappa shape index (κ2) is 6.53. The zero-order valence-corrected chi connectivity index (χ0v) is 16.6. The molecule has 0 saturated heterocycles. The van der Waals surface area contributed by atoms with Gasteiger partial charge in [0.1, 0.15) is 0 Å². The maximum Gasteiger partial charge on any atom is 0.215 e. The van der Waals surface area contributed by atoms with Gasteiger partial charge in [-0.2, -0.15) is 0 Å². The molecule has 0 bridgehead atoms. The van der Waals surface area contributed by atoms with Crippen molar-refractivity contribution in [1.82, 2.24) is 4.57 Å². The van der Waals surface area contributed by atoms with Crippen molar-refractivity contribution in [2.24, 2.45) is 4.99 Å². The molecule has 3 nitrogen and oxygen atoms in total. The third kappa shape index (κ3) is 3.11. The van der Waals surface area contributed by atoms with Gasteiger partial charge >= 0.3 is 0 Å². The summed E-state index contributed by atoms with van der Waals surface area (Å²) in [6.07, 6.45) is 3.70. The van der Waals surface area contributed by atoms with Gasteiger partial charge in [-0.25, -0.2) is 0 Å². The van der Waals surface area contributed by atoms with Crippen LogP contribution >= 0.6 is 51.1 Å². The zero-order chi connectivity index (χ0) is 17.6. The summed E-state index contributed by atoms with van der Waals surface area (Å²) in [4.78, 5) is 5.09. The normalized spacial score (nSPS) is 14.2. The molecule has 0 saturated carbocycles. The highest BCUT2D eigenvalue weighted by molar-refractivity contribution is 9.10. The third-order valence-electron chi connectivity index (χ3n) is 3.78. The van der Waals surface area contributed by atoms with E-state index in [2.05, 4.69) is 20.9 Å². The predicted molar refractivity (Wildman–Crippen MR) is 111 cm³/mol. The van der Waals surface area contributed by atoms with Gasteiger partial charge in [0, 0.05) is 26.8 Å². The molecule has 2 aromatic carbocycles. The fraction of sp³-hybridized carbons (Fsp3) is 0. The molecule has 0 radical (unpaired) electrons. The van der Waals surface area contributed by atoms with E-state index in [1.165, 1.54) is 11.3 Å². The van der Waals surface area contributed by atoms with Gasteiger partial charge in [-0.15, -0.1) is 11.3 Å². The smallest absolute Gasteiger partial charge is 0.215 e. The highest BCUT2D eigenvalue weighted by Crippen LogP contribution is 2.38. The molecule has 2 heterocycles. The fourth-order valence-corrected chi connectivity index (χ4v) is 4.48. The minimum absolute atomic E-state index is 0.0987. The molecule has 1 aliphatic heterocycles. The molecule has 1 aromatic heterocycles. The topological polar surface area (TPSA) is 37.5 Å². The van der Waals surface area contributed by atoms with Crippen molar-refractivity contribution in [2.45, 2.75) is 0 Å². The first kappa shape index (κ1) is 16.7. The molecule has 0 aliphatic carbocycles. The summed E-state index contributed by atoms with van der Waals surface area (Å²) >= 11 is 16.3. The number of halogens is 2. The quantitative estimate of drug-likeness (QED) is 0.445. The Morgan fingerprint density at radius 3 is 2.88 bits per heavy atom. The van der Waals surface area contributed by atoms with E-state index in [9.17, 15) is 5.11 Å². The molecule has 1 N–H and O–H groups in total. The van der Waals surface area contributed by atoms with Crippen LogP contribution in [0.1, 0.15) is 10.4 Å². The van der Waals surface area contributed by atoms with Crippen molar-refractivity contribution in [2.75, 3.05) is 0 Å². The van der Waals surface area contributed by atoms with Crippen LogP contribution in [0.3, 0.4) is 0 Å². The Morgan fingerprint density at radius 1 is 1.24 bits per heavy atom. The van der Waals surface area contributed by atoms with Gasteiger partial charge in [-0.1, -0.05) is 33.6 Å². The lowest BCUT2D eigenvalue weighted by Crippen LogP contribution is -1.92. The van der Waals surface area contributed by atoms with Gasteiger partial charge in [0.15, 0.2) is 3.95 Å². The maximum atomic E-state index is 10.7. The van der Waals surface area contributed by atoms with Crippen LogP contribution in [0.15, 0.2) is 51.9 Å². The average Bonchev–Trinajstić information content (AvgIpc) is 3.09. The Balaban J connectivity index is 1.82. The van der Waals surface area contributed by atoms with Crippen molar-refractivity contribution in [3.05, 3.63) is 66.4 Å². The molecule has 124 valence electrons. The lowest BCUT2D eigenvalue weighted by Gasteiger charge is -2.05. The summed E-state index contributed by atoms with van der Waals surface area (Å²) in [6, 6.07) is 13.2. The third-order valence-corrected chi connectivity index (χ3v) is 5.82. The molecular formula is C18H10BrClN2OS2. The number of thiazole rings is 1. The summed E-state index contributed by atoms with van der Waals surface area (Å²) in [5.74, 6) is 0.0987. The van der Waals surface area contributed by atoms with Gasteiger partial charge in [0.05, 0.1) is 16.3 Å². The Kier molecular flexibility index (Phi) is 4.37. The fourth-order valence-electron chi connectivity index (χ4n) is 2.64. The van der Waals surface area contributed by atoms with Gasteiger partial charge < -0.3 is 5.11 Å². The molecule has 7 heteroatoms. The lowest BCUT2D eigenvalue weighted by atomic mass is 10.1. The van der Waals surface area contributed by atoms with Crippen LogP contribution in [0, 0.1) is 3.95 Å². The summed E-state index contributed by atoms with van der Waals surface area (Å²) in [5.41, 5.74) is 3.59. The van der Waals surface area contributed by atoms with Crippen LogP contribution in [0.25, 0.3) is 17.3 Å². The van der Waals surface area contributed by atoms with Crippen LogP contribution in [0.5, 0.6) is 5.88 Å². The second-order valence-electron chi connectivity index (χ2n) is 5.39. The van der Waals surface area contributed by atoms with Crippen LogP contribution in [-0.4, -0.2) is 15.9 Å². The number of hydrogen-bond acceptors (Lipinski definition) is 4. The highest BCUT2D eigenvalue weighted by Gasteiger charge is 2.16. The monoisotopic (exact) mass is 448 g/mol. The van der Waals surface area contributed by atoms with Crippen LogP contribution in [0.2, 0.25) is 5.02 Å². The highest BCUT2D eigenvalue weighted by atomic mass is 79.9. The number of aromatic hydroxyl groups is 1. The number of hydrogen-bond donors (Lipinski definition) is 1. The summed E-state index contributed by atoms with van der Waals surface area (Å²) in [5, 5.41) is 11.3. The number of fused-ring (bicyclic) bond motifs is 1. The van der Waals surface area contributed by atoms with Crippen LogP contribution < -0.4 is 0 Å². The van der Waals surface area contributed by atoms with Crippen molar-refractivity contribution in [1.29, 1.82) is 0 Å². The van der Waals surface area contributed by atoms with Gasteiger partial charge in [0.25, 0.3) is 0 Å². The molecule has 1 aliphatic rings. The predicted octanol–water partition coefficient (Wildman–Crippen LogP) is 6.65. The van der Waals surface area contributed by atoms with E-state index >= 15 is 0 Å². The van der Waals surface area contributed by atoms with E-state index in [1.54, 1.807) is 22.9 Å². The van der Waals surface area contributed by atoms with E-state index in [0.717, 1.165) is 27.0 Å². The molecule has 3 aromatic rings. The molecule has 25 heavy (non-hydrogen) atoms. The molecule has 0 amide bonds. The van der Waals surface area contributed by atoms with E-state index in [-0.39, 0.29) is 5.88 Å². The minimum atomic E-state index is 0.0987. The van der Waals surface area contributed by atoms with Crippen molar-refractivity contribution >= 4 is 74.6 Å². The van der Waals surface area contributed by atoms with E-state index in [4.69, 9.17) is 23.8 Å². The summed E-state index contributed by atoms with van der Waals surface area (Å²) < 4.78 is 3.15. The number of rotatable bonds is 2. The lowest BCUT2D eigenvalue weighted by molar-refractivity contribution is 0.441. The molecular weight excluding hydrogens is 440 g/mol. The van der Waals surface area contributed by atoms with Crippen LogP contribution in [0.4, 0.5) is 5.69 Å². The molecule has 0 atom stereocenters. The minimum Gasteiger partial charge on any atom is -0.493 e. The van der Waals surface area contributed by atoms with E-state index < -0.39 is 0 Å². The second-order valence-corrected chi connectivity index (χ2v) is 8.42. The molecule has 0 spiro atoms. The Bertz CT molecular complexity index is 1110. The zero-order valence-electron chi connectivity index (χ0n) is 12.6. The maximum absolute atomic E-state index is 10.7. The Hall–Kier alpha value is -1.73. The number of nitrogens with zero attached hydrogens (tertiary/aromatic N) is 2. The van der Waals surface area contributed by atoms with Gasteiger partial charge in [0.2, 0.25) is 5.88 Å². The standard InChI is InChI=1S/C18H10BrClN2OS2/c19-11-4-5-15-14(7-11)10(9-21-15)6-16-17(23)22(18(24)25-16)13-3-1-2-12(20)8-13/h1-9,23H. The first-order valence-electron chi connectivity index (χ1n) is 7.29. The summed E-state index contributed by atoms with van der Waals surface area (Å²) in [6.45, 7) is 0. The van der Waals surface area contributed by atoms with E-state index in [1.807, 2.05) is 36.4 Å². The Labute approximate surface area is 166 Å². The number of aromatic nitrogens is 1. The molecule has 0 unspecified atom stereocenters. The number of allylic oxidation sites excluding steroid dienone is 1. The van der Waals surface area contributed by atoms with Crippen molar-refractivity contribution in [3.63, 3.8) is 0 Å². The first-order chi connectivity index (χ1) is 12.0. The van der Waals surface area contributed by atoms with E-state index in [0.29, 0.717) is 13.9 Å². The van der Waals surface area contributed by atoms with Crippen molar-refractivity contribution < 1.29 is 5.11 Å². The largest absolute Gasteiger partial charge is 0.493 e. The SMILES string of the molecule is Oc1c(C=C2C=Nc3ccc(Br)cc32)sc(=S)n1-c1cccc(Cl)c1. The van der Waals surface area contributed by atoms with Gasteiger partial charge in [-0.3, -0.25) is 9.56 Å². The van der Waals surface area contributed by atoms with Crippen LogP contribution in [-0.2, 0) is 0 Å². The molecule has 4 rings (SSSR count). The van der Waals surface area contributed by atoms with Gasteiger partial charge in [-0.05, 0) is 54.7 Å². The number of benzene rings is 2. The Morgan fingerprint density at radius 2 is 2.08 bits per heavy atom. The summed E-state index contributed by atoms with van der Waals surface area (Å²) in [7, 11) is 0. The molecule has 0 fully saturated rings. The average molecular weight is 450 g/mol. The first-order valence-corrected chi connectivity index (χ1v) is 9.69. The number of aliphatic imine (C=N–C) groups is 1. The van der Waals surface area contributed by atoms with Crippen molar-refractivity contribution in [3.8, 4) is 11.6 Å².